The van der Waals surface area contributed by atoms with Crippen LogP contribution in [0.5, 0.6) is 5.75 Å². The molecule has 2 aromatic rings. The smallest absolute Gasteiger partial charge is 0.258 e. The molecule has 0 saturated heterocycles. The van der Waals surface area contributed by atoms with Crippen molar-refractivity contribution in [3.8, 4) is 5.75 Å². The highest BCUT2D eigenvalue weighted by Crippen LogP contribution is 2.27. The van der Waals surface area contributed by atoms with Gasteiger partial charge in [0.25, 0.3) is 5.91 Å². The first-order valence-corrected chi connectivity index (χ1v) is 5.90. The number of anilines is 2. The van der Waals surface area contributed by atoms with Crippen LogP contribution in [0.2, 0.25) is 0 Å². The zero-order valence-electron chi connectivity index (χ0n) is 11.0. The number of para-hydroxylation sites is 2. The van der Waals surface area contributed by atoms with Crippen LogP contribution in [-0.2, 0) is 0 Å². The molecule has 0 heterocycles. The van der Waals surface area contributed by atoms with Crippen molar-refractivity contribution in [2.75, 3.05) is 24.8 Å². The molecule has 2 aromatic carbocycles. The lowest BCUT2D eigenvalue weighted by molar-refractivity contribution is 0.0992. The van der Waals surface area contributed by atoms with Crippen LogP contribution in [0.3, 0.4) is 0 Å². The molecule has 1 amide bonds. The first kappa shape index (κ1) is 13.0. The van der Waals surface area contributed by atoms with E-state index in [1.807, 2.05) is 24.3 Å². The van der Waals surface area contributed by atoms with E-state index in [1.54, 1.807) is 43.3 Å². The summed E-state index contributed by atoms with van der Waals surface area (Å²) in [5.41, 5.74) is 7.53. The third-order valence-electron chi connectivity index (χ3n) is 2.88. The van der Waals surface area contributed by atoms with Crippen LogP contribution in [0.15, 0.2) is 48.5 Å². The number of carbonyl (C=O) groups excluding carboxylic acids is 1. The topological polar surface area (TPSA) is 55.6 Å². The fraction of sp³-hybridized carbons (Fsp3) is 0.133. The Morgan fingerprint density at radius 1 is 1.16 bits per heavy atom. The van der Waals surface area contributed by atoms with E-state index in [1.165, 1.54) is 0 Å². The average Bonchev–Trinajstić information content (AvgIpc) is 2.45. The van der Waals surface area contributed by atoms with Gasteiger partial charge in [0, 0.05) is 18.3 Å². The lowest BCUT2D eigenvalue weighted by Crippen LogP contribution is -2.26. The van der Waals surface area contributed by atoms with Crippen LogP contribution < -0.4 is 15.4 Å². The summed E-state index contributed by atoms with van der Waals surface area (Å²) in [5.74, 6) is 0.527. The van der Waals surface area contributed by atoms with Gasteiger partial charge in [-0.05, 0) is 30.3 Å². The fourth-order valence-corrected chi connectivity index (χ4v) is 1.88. The van der Waals surface area contributed by atoms with E-state index >= 15 is 0 Å². The molecule has 0 aliphatic rings. The summed E-state index contributed by atoms with van der Waals surface area (Å²) >= 11 is 0. The second-order valence-electron chi connectivity index (χ2n) is 4.16. The number of hydrogen-bond donors (Lipinski definition) is 1. The van der Waals surface area contributed by atoms with Gasteiger partial charge in [-0.3, -0.25) is 4.79 Å². The summed E-state index contributed by atoms with van der Waals surface area (Å²) in [6, 6.07) is 14.3. The lowest BCUT2D eigenvalue weighted by atomic mass is 10.1. The number of ether oxygens (including phenoxy) is 1. The van der Waals surface area contributed by atoms with E-state index < -0.39 is 0 Å². The van der Waals surface area contributed by atoms with Crippen LogP contribution >= 0.6 is 0 Å². The SMILES string of the molecule is COc1ccccc1N(C)C(=O)c1cccc(N)c1. The van der Waals surface area contributed by atoms with Crippen LogP contribution in [0.4, 0.5) is 11.4 Å². The highest BCUT2D eigenvalue weighted by molar-refractivity contribution is 6.06. The minimum absolute atomic E-state index is 0.128. The fourth-order valence-electron chi connectivity index (χ4n) is 1.88. The summed E-state index contributed by atoms with van der Waals surface area (Å²) in [7, 11) is 3.29. The Kier molecular flexibility index (Phi) is 3.71. The molecule has 0 atom stereocenters. The van der Waals surface area contributed by atoms with Crippen LogP contribution in [0, 0.1) is 0 Å². The van der Waals surface area contributed by atoms with Gasteiger partial charge in [0.2, 0.25) is 0 Å². The number of methoxy groups -OCH3 is 1. The van der Waals surface area contributed by atoms with Gasteiger partial charge in [-0.25, -0.2) is 0 Å². The molecule has 19 heavy (non-hydrogen) atoms. The largest absolute Gasteiger partial charge is 0.495 e. The van der Waals surface area contributed by atoms with Crippen molar-refractivity contribution in [1.29, 1.82) is 0 Å². The number of nitrogen functional groups attached to an aromatic ring is 1. The zero-order valence-corrected chi connectivity index (χ0v) is 11.0. The van der Waals surface area contributed by atoms with Gasteiger partial charge < -0.3 is 15.4 Å². The van der Waals surface area contributed by atoms with Gasteiger partial charge in [-0.2, -0.15) is 0 Å². The van der Waals surface area contributed by atoms with E-state index in [2.05, 4.69) is 0 Å². The number of hydrogen-bond acceptors (Lipinski definition) is 3. The Hall–Kier alpha value is -2.49. The Morgan fingerprint density at radius 2 is 1.89 bits per heavy atom. The summed E-state index contributed by atoms with van der Waals surface area (Å²) in [4.78, 5) is 13.9. The zero-order chi connectivity index (χ0) is 13.8. The third kappa shape index (κ3) is 2.68. The summed E-state index contributed by atoms with van der Waals surface area (Å²) in [6.45, 7) is 0. The summed E-state index contributed by atoms with van der Waals surface area (Å²) in [5, 5.41) is 0. The molecule has 0 unspecified atom stereocenters. The molecule has 0 aliphatic carbocycles. The van der Waals surface area contributed by atoms with Crippen molar-refractivity contribution in [1.82, 2.24) is 0 Å². The third-order valence-corrected chi connectivity index (χ3v) is 2.88. The number of benzene rings is 2. The first-order valence-electron chi connectivity index (χ1n) is 5.90. The molecule has 0 fully saturated rings. The first-order chi connectivity index (χ1) is 9.13. The van der Waals surface area contributed by atoms with Gasteiger partial charge >= 0.3 is 0 Å². The van der Waals surface area contributed by atoms with Gasteiger partial charge in [0.15, 0.2) is 0 Å². The lowest BCUT2D eigenvalue weighted by Gasteiger charge is -2.20. The molecule has 4 heteroatoms. The van der Waals surface area contributed by atoms with E-state index in [0.29, 0.717) is 17.0 Å². The van der Waals surface area contributed by atoms with E-state index in [-0.39, 0.29) is 5.91 Å². The van der Waals surface area contributed by atoms with Gasteiger partial charge in [-0.1, -0.05) is 18.2 Å². The van der Waals surface area contributed by atoms with Crippen molar-refractivity contribution in [2.24, 2.45) is 0 Å². The Labute approximate surface area is 112 Å². The molecule has 0 bridgehead atoms. The molecule has 2 rings (SSSR count). The molecule has 98 valence electrons. The van der Waals surface area contributed by atoms with Crippen molar-refractivity contribution >= 4 is 17.3 Å². The minimum Gasteiger partial charge on any atom is -0.495 e. The van der Waals surface area contributed by atoms with E-state index in [4.69, 9.17) is 10.5 Å². The molecule has 0 aliphatic heterocycles. The average molecular weight is 256 g/mol. The quantitative estimate of drug-likeness (QED) is 0.859. The number of nitrogens with two attached hydrogens (primary N) is 1. The Bertz CT molecular complexity index is 596. The Balaban J connectivity index is 2.33. The molecular formula is C15H16N2O2. The number of carbonyl (C=O) groups is 1. The van der Waals surface area contributed by atoms with Gasteiger partial charge in [0.05, 0.1) is 12.8 Å². The minimum atomic E-state index is -0.128. The van der Waals surface area contributed by atoms with Gasteiger partial charge in [0.1, 0.15) is 5.75 Å². The van der Waals surface area contributed by atoms with Gasteiger partial charge in [-0.15, -0.1) is 0 Å². The maximum absolute atomic E-state index is 12.4. The van der Waals surface area contributed by atoms with Crippen molar-refractivity contribution in [3.63, 3.8) is 0 Å². The second kappa shape index (κ2) is 5.44. The predicted octanol–water partition coefficient (Wildman–Crippen LogP) is 2.55. The molecule has 4 nitrogen and oxygen atoms in total. The number of nitrogens with zero attached hydrogens (tertiary/aromatic N) is 1. The Morgan fingerprint density at radius 3 is 2.58 bits per heavy atom. The van der Waals surface area contributed by atoms with Crippen molar-refractivity contribution in [2.45, 2.75) is 0 Å². The predicted molar refractivity (Wildman–Crippen MR) is 76.6 cm³/mol. The number of amides is 1. The van der Waals surface area contributed by atoms with Crippen molar-refractivity contribution in [3.05, 3.63) is 54.1 Å². The van der Waals surface area contributed by atoms with Crippen LogP contribution in [0.1, 0.15) is 10.4 Å². The molecule has 0 saturated carbocycles. The monoisotopic (exact) mass is 256 g/mol. The molecular weight excluding hydrogens is 240 g/mol. The standard InChI is InChI=1S/C15H16N2O2/c1-17(13-8-3-4-9-14(13)19-2)15(18)11-6-5-7-12(16)10-11/h3-10H,16H2,1-2H3. The second-order valence-corrected chi connectivity index (χ2v) is 4.16. The number of rotatable bonds is 3. The molecule has 0 aromatic heterocycles. The van der Waals surface area contributed by atoms with Crippen molar-refractivity contribution < 1.29 is 9.53 Å². The summed E-state index contributed by atoms with van der Waals surface area (Å²) < 4.78 is 5.26. The normalized spacial score (nSPS) is 10.0. The maximum Gasteiger partial charge on any atom is 0.258 e. The maximum atomic E-state index is 12.4. The van der Waals surface area contributed by atoms with E-state index in [9.17, 15) is 4.79 Å². The highest BCUT2D eigenvalue weighted by Gasteiger charge is 2.16. The molecule has 2 N–H and O–H groups in total. The van der Waals surface area contributed by atoms with E-state index in [0.717, 1.165) is 5.69 Å². The summed E-state index contributed by atoms with van der Waals surface area (Å²) in [6.07, 6.45) is 0. The molecule has 0 spiro atoms. The highest BCUT2D eigenvalue weighted by atomic mass is 16.5. The molecule has 0 radical (unpaired) electrons. The van der Waals surface area contributed by atoms with Crippen LogP contribution in [-0.4, -0.2) is 20.1 Å². The van der Waals surface area contributed by atoms with Crippen LogP contribution in [0.25, 0.3) is 0 Å².